The Kier molecular flexibility index (Phi) is 2.33. The Bertz CT molecular complexity index is 459. The average Bonchev–Trinajstić information content (AvgIpc) is 2.63. The summed E-state index contributed by atoms with van der Waals surface area (Å²) in [7, 11) is 0. The van der Waals surface area contributed by atoms with Gasteiger partial charge >= 0.3 is 0 Å². The zero-order valence-corrected chi connectivity index (χ0v) is 9.39. The van der Waals surface area contributed by atoms with Crippen molar-refractivity contribution in [2.75, 3.05) is 11.9 Å². The van der Waals surface area contributed by atoms with E-state index in [0.717, 1.165) is 18.3 Å². The van der Waals surface area contributed by atoms with Crippen molar-refractivity contribution in [3.05, 3.63) is 23.7 Å². The van der Waals surface area contributed by atoms with Gasteiger partial charge in [-0.2, -0.15) is 0 Å². The van der Waals surface area contributed by atoms with Gasteiger partial charge in [0.1, 0.15) is 5.82 Å². The second kappa shape index (κ2) is 3.81. The maximum atomic E-state index is 4.41. The van der Waals surface area contributed by atoms with Crippen LogP contribution < -0.4 is 5.32 Å². The molecule has 0 unspecified atom stereocenters. The third kappa shape index (κ3) is 1.72. The van der Waals surface area contributed by atoms with Gasteiger partial charge in [-0.15, -0.1) is 11.3 Å². The number of hydrogen-bond donors (Lipinski definition) is 1. The van der Waals surface area contributed by atoms with Crippen LogP contribution in [0.4, 0.5) is 5.82 Å². The fourth-order valence-electron chi connectivity index (χ4n) is 1.97. The molecule has 2 aromatic heterocycles. The van der Waals surface area contributed by atoms with Crippen molar-refractivity contribution in [1.82, 2.24) is 4.98 Å². The topological polar surface area (TPSA) is 24.9 Å². The van der Waals surface area contributed by atoms with Crippen LogP contribution in [0.5, 0.6) is 0 Å². The normalized spacial score (nSPS) is 16.5. The van der Waals surface area contributed by atoms with E-state index in [9.17, 15) is 0 Å². The van der Waals surface area contributed by atoms with E-state index in [-0.39, 0.29) is 0 Å². The number of hydrogen-bond acceptors (Lipinski definition) is 3. The first-order valence-electron chi connectivity index (χ1n) is 5.49. The molecule has 1 saturated carbocycles. The summed E-state index contributed by atoms with van der Waals surface area (Å²) in [5.74, 6) is 1.93. The van der Waals surface area contributed by atoms with Gasteiger partial charge in [-0.3, -0.25) is 0 Å². The van der Waals surface area contributed by atoms with Crippen molar-refractivity contribution in [2.24, 2.45) is 5.92 Å². The summed E-state index contributed by atoms with van der Waals surface area (Å²) in [6.45, 7) is 1.09. The Morgan fingerprint density at radius 2 is 2.33 bits per heavy atom. The van der Waals surface area contributed by atoms with Crippen LogP contribution in [-0.4, -0.2) is 11.5 Å². The second-order valence-electron chi connectivity index (χ2n) is 4.17. The lowest BCUT2D eigenvalue weighted by atomic mass is 9.85. The molecule has 2 heterocycles. The first-order valence-corrected chi connectivity index (χ1v) is 6.37. The van der Waals surface area contributed by atoms with Gasteiger partial charge < -0.3 is 5.32 Å². The smallest absolute Gasteiger partial charge is 0.134 e. The van der Waals surface area contributed by atoms with E-state index in [1.54, 1.807) is 11.3 Å². The quantitative estimate of drug-likeness (QED) is 0.852. The molecular formula is C12H14N2S. The fraction of sp³-hybridized carbons (Fsp3) is 0.417. The number of anilines is 1. The molecule has 2 nitrogen and oxygen atoms in total. The van der Waals surface area contributed by atoms with Crippen LogP contribution >= 0.6 is 11.3 Å². The fourth-order valence-corrected chi connectivity index (χ4v) is 2.76. The van der Waals surface area contributed by atoms with Crippen LogP contribution in [0.25, 0.3) is 10.1 Å². The predicted octanol–water partition coefficient (Wildman–Crippen LogP) is 3.51. The van der Waals surface area contributed by atoms with Crippen molar-refractivity contribution in [3.63, 3.8) is 0 Å². The van der Waals surface area contributed by atoms with Crippen LogP contribution in [-0.2, 0) is 0 Å². The molecule has 0 bridgehead atoms. The number of aromatic nitrogens is 1. The highest BCUT2D eigenvalue weighted by molar-refractivity contribution is 7.17. The molecule has 0 radical (unpaired) electrons. The molecule has 1 aliphatic carbocycles. The Morgan fingerprint density at radius 3 is 3.13 bits per heavy atom. The lowest BCUT2D eigenvalue weighted by Gasteiger charge is -2.25. The number of pyridine rings is 1. The van der Waals surface area contributed by atoms with Gasteiger partial charge in [0.15, 0.2) is 0 Å². The minimum atomic E-state index is 0.876. The summed E-state index contributed by atoms with van der Waals surface area (Å²) in [5.41, 5.74) is 0. The summed E-state index contributed by atoms with van der Waals surface area (Å²) in [6.07, 6.45) is 6.06. The Balaban J connectivity index is 1.80. The van der Waals surface area contributed by atoms with Gasteiger partial charge in [-0.25, -0.2) is 4.98 Å². The SMILES string of the molecule is c1cc2sccc2c(NCC2CCC2)n1. The number of fused-ring (bicyclic) bond motifs is 1. The van der Waals surface area contributed by atoms with Crippen molar-refractivity contribution >= 4 is 27.2 Å². The van der Waals surface area contributed by atoms with E-state index in [1.807, 2.05) is 6.20 Å². The van der Waals surface area contributed by atoms with E-state index in [4.69, 9.17) is 0 Å². The van der Waals surface area contributed by atoms with Crippen LogP contribution in [0.15, 0.2) is 23.7 Å². The van der Waals surface area contributed by atoms with Crippen molar-refractivity contribution in [3.8, 4) is 0 Å². The van der Waals surface area contributed by atoms with Crippen LogP contribution in [0.3, 0.4) is 0 Å². The lowest BCUT2D eigenvalue weighted by molar-refractivity contribution is 0.333. The molecule has 0 aliphatic heterocycles. The molecule has 3 heteroatoms. The molecule has 2 aromatic rings. The molecule has 0 aromatic carbocycles. The molecule has 0 amide bonds. The monoisotopic (exact) mass is 218 g/mol. The molecule has 78 valence electrons. The van der Waals surface area contributed by atoms with Crippen molar-refractivity contribution < 1.29 is 0 Å². The van der Waals surface area contributed by atoms with Crippen molar-refractivity contribution in [1.29, 1.82) is 0 Å². The Morgan fingerprint density at radius 1 is 1.40 bits per heavy atom. The highest BCUT2D eigenvalue weighted by Crippen LogP contribution is 2.29. The summed E-state index contributed by atoms with van der Waals surface area (Å²) in [4.78, 5) is 4.41. The van der Waals surface area contributed by atoms with Gasteiger partial charge in [0.05, 0.1) is 0 Å². The maximum absolute atomic E-state index is 4.41. The molecule has 1 fully saturated rings. The molecule has 15 heavy (non-hydrogen) atoms. The molecule has 0 saturated heterocycles. The number of rotatable bonds is 3. The molecule has 0 spiro atoms. The van der Waals surface area contributed by atoms with Crippen LogP contribution in [0.1, 0.15) is 19.3 Å². The molecular weight excluding hydrogens is 204 g/mol. The number of nitrogens with zero attached hydrogens (tertiary/aromatic N) is 1. The Hall–Kier alpha value is -1.09. The minimum absolute atomic E-state index is 0.876. The van der Waals surface area contributed by atoms with Crippen molar-refractivity contribution in [2.45, 2.75) is 19.3 Å². The molecule has 1 aliphatic rings. The molecule has 0 atom stereocenters. The first kappa shape index (κ1) is 9.16. The summed E-state index contributed by atoms with van der Waals surface area (Å²) >= 11 is 1.78. The third-order valence-corrected chi connectivity index (χ3v) is 4.04. The van der Waals surface area contributed by atoms with Gasteiger partial charge in [-0.05, 0) is 36.3 Å². The van der Waals surface area contributed by atoms with Crippen LogP contribution in [0.2, 0.25) is 0 Å². The first-order chi connectivity index (χ1) is 7.43. The van der Waals surface area contributed by atoms with Gasteiger partial charge in [0.2, 0.25) is 0 Å². The highest BCUT2D eigenvalue weighted by atomic mass is 32.1. The molecule has 3 rings (SSSR count). The van der Waals surface area contributed by atoms with Gasteiger partial charge in [0.25, 0.3) is 0 Å². The highest BCUT2D eigenvalue weighted by Gasteiger charge is 2.17. The lowest BCUT2D eigenvalue weighted by Crippen LogP contribution is -2.21. The van der Waals surface area contributed by atoms with Gasteiger partial charge in [-0.1, -0.05) is 6.42 Å². The van der Waals surface area contributed by atoms with E-state index in [2.05, 4.69) is 27.8 Å². The van der Waals surface area contributed by atoms with E-state index in [0.29, 0.717) is 0 Å². The molecule has 1 N–H and O–H groups in total. The zero-order chi connectivity index (χ0) is 10.1. The number of thiophene rings is 1. The van der Waals surface area contributed by atoms with Crippen LogP contribution in [0, 0.1) is 5.92 Å². The second-order valence-corrected chi connectivity index (χ2v) is 5.12. The summed E-state index contributed by atoms with van der Waals surface area (Å²) in [6, 6.07) is 4.23. The standard InChI is InChI=1S/C12H14N2S/c1-2-9(3-1)8-14-12-10-5-7-15-11(10)4-6-13-12/h4-7,9H,1-3,8H2,(H,13,14). The maximum Gasteiger partial charge on any atom is 0.134 e. The largest absolute Gasteiger partial charge is 0.369 e. The van der Waals surface area contributed by atoms with E-state index >= 15 is 0 Å². The van der Waals surface area contributed by atoms with E-state index < -0.39 is 0 Å². The van der Waals surface area contributed by atoms with Gasteiger partial charge in [0, 0.05) is 22.8 Å². The zero-order valence-electron chi connectivity index (χ0n) is 8.57. The number of nitrogens with one attached hydrogen (secondary N) is 1. The average molecular weight is 218 g/mol. The predicted molar refractivity (Wildman–Crippen MR) is 65.5 cm³/mol. The third-order valence-electron chi connectivity index (χ3n) is 3.16. The minimum Gasteiger partial charge on any atom is -0.369 e. The van der Waals surface area contributed by atoms with E-state index in [1.165, 1.54) is 29.3 Å². The summed E-state index contributed by atoms with van der Waals surface area (Å²) < 4.78 is 1.32. The Labute approximate surface area is 93.3 Å². The summed E-state index contributed by atoms with van der Waals surface area (Å²) in [5, 5.41) is 6.86.